The highest BCUT2D eigenvalue weighted by Gasteiger charge is 2.18. The predicted molar refractivity (Wildman–Crippen MR) is 72.7 cm³/mol. The van der Waals surface area contributed by atoms with E-state index in [1.54, 1.807) is 6.92 Å². The zero-order valence-electron chi connectivity index (χ0n) is 10.1. The van der Waals surface area contributed by atoms with E-state index >= 15 is 0 Å². The molecule has 1 rings (SSSR count). The topological polar surface area (TPSA) is 49.3 Å². The first-order chi connectivity index (χ1) is 8.49. The molecule has 18 heavy (non-hydrogen) atoms. The molecule has 1 amide bonds. The van der Waals surface area contributed by atoms with Crippen molar-refractivity contribution < 1.29 is 14.3 Å². The van der Waals surface area contributed by atoms with Gasteiger partial charge in [0, 0.05) is 16.9 Å². The minimum atomic E-state index is -0.557. The van der Waals surface area contributed by atoms with Crippen molar-refractivity contribution in [1.82, 2.24) is 5.32 Å². The third kappa shape index (κ3) is 3.86. The summed E-state index contributed by atoms with van der Waals surface area (Å²) in [5.41, 5.74) is 0.297. The normalized spacial score (nSPS) is 14.1. The van der Waals surface area contributed by atoms with E-state index in [1.165, 1.54) is 23.9 Å². The van der Waals surface area contributed by atoms with Crippen molar-refractivity contribution in [3.05, 3.63) is 34.6 Å². The van der Waals surface area contributed by atoms with Crippen molar-refractivity contribution in [3.8, 4) is 0 Å². The molecule has 0 fully saturated rings. The third-order valence-corrected chi connectivity index (χ3v) is 4.03. The zero-order valence-corrected chi connectivity index (χ0v) is 11.7. The highest BCUT2D eigenvalue weighted by molar-refractivity contribution is 7.99. The molecule has 0 saturated carbocycles. The number of hydrogen-bond acceptors (Lipinski definition) is 3. The Morgan fingerprint density at radius 2 is 2.28 bits per heavy atom. The Morgan fingerprint density at radius 1 is 1.61 bits per heavy atom. The number of thioether (sulfide) groups is 1. The average Bonchev–Trinajstić information content (AvgIpc) is 2.34. The summed E-state index contributed by atoms with van der Waals surface area (Å²) >= 11 is 7.08. The van der Waals surface area contributed by atoms with Crippen LogP contribution in [0.2, 0.25) is 5.02 Å². The van der Waals surface area contributed by atoms with E-state index in [4.69, 9.17) is 16.7 Å². The van der Waals surface area contributed by atoms with E-state index in [2.05, 4.69) is 5.32 Å². The van der Waals surface area contributed by atoms with Gasteiger partial charge < -0.3 is 10.4 Å². The first-order valence-electron chi connectivity index (χ1n) is 5.39. The Hall–Kier alpha value is -0.780. The molecule has 0 aromatic heterocycles. The summed E-state index contributed by atoms with van der Waals surface area (Å²) in [5, 5.41) is 11.7. The highest BCUT2D eigenvalue weighted by atomic mass is 35.5. The Labute approximate surface area is 115 Å². The van der Waals surface area contributed by atoms with E-state index < -0.39 is 5.82 Å². The van der Waals surface area contributed by atoms with Gasteiger partial charge in [0.15, 0.2) is 0 Å². The van der Waals surface area contributed by atoms with E-state index in [-0.39, 0.29) is 28.8 Å². The minimum Gasteiger partial charge on any atom is -0.395 e. The third-order valence-electron chi connectivity index (χ3n) is 2.58. The van der Waals surface area contributed by atoms with Crippen LogP contribution in [0.4, 0.5) is 4.39 Å². The summed E-state index contributed by atoms with van der Waals surface area (Å²) in [4.78, 5) is 11.9. The van der Waals surface area contributed by atoms with Gasteiger partial charge in [-0.05, 0) is 31.4 Å². The number of benzene rings is 1. The molecule has 0 bridgehead atoms. The molecular weight excluding hydrogens is 277 g/mol. The second-order valence-corrected chi connectivity index (χ2v) is 5.33. The molecule has 1 aromatic rings. The molecule has 0 radical (unpaired) electrons. The fraction of sp³-hybridized carbons (Fsp3) is 0.417. The van der Waals surface area contributed by atoms with Gasteiger partial charge in [0.25, 0.3) is 5.91 Å². The predicted octanol–water partition coefficient (Wildman–Crippen LogP) is 2.32. The quantitative estimate of drug-likeness (QED) is 0.875. The van der Waals surface area contributed by atoms with Crippen molar-refractivity contribution in [2.45, 2.75) is 18.2 Å². The summed E-state index contributed by atoms with van der Waals surface area (Å²) in [6, 6.07) is 3.61. The molecule has 2 unspecified atom stereocenters. The highest BCUT2D eigenvalue weighted by Crippen LogP contribution is 2.17. The van der Waals surface area contributed by atoms with Crippen molar-refractivity contribution >= 4 is 29.3 Å². The maximum absolute atomic E-state index is 13.0. The SMILES string of the molecule is CSC(CO)C(C)NC(=O)c1ccc(F)c(Cl)c1. The number of aliphatic hydroxyl groups is 1. The van der Waals surface area contributed by atoms with Gasteiger partial charge in [-0.2, -0.15) is 11.8 Å². The molecule has 0 spiro atoms. The monoisotopic (exact) mass is 291 g/mol. The second-order valence-electron chi connectivity index (χ2n) is 3.85. The number of amides is 1. The van der Waals surface area contributed by atoms with Gasteiger partial charge in [-0.15, -0.1) is 0 Å². The maximum atomic E-state index is 13.0. The van der Waals surface area contributed by atoms with Crippen LogP contribution in [0, 0.1) is 5.82 Å². The lowest BCUT2D eigenvalue weighted by molar-refractivity contribution is 0.0936. The Kier molecular flexibility index (Phi) is 5.91. The largest absolute Gasteiger partial charge is 0.395 e. The van der Waals surface area contributed by atoms with Crippen molar-refractivity contribution in [2.75, 3.05) is 12.9 Å². The molecule has 0 heterocycles. The van der Waals surface area contributed by atoms with Crippen LogP contribution < -0.4 is 5.32 Å². The zero-order chi connectivity index (χ0) is 13.7. The van der Waals surface area contributed by atoms with Crippen molar-refractivity contribution in [3.63, 3.8) is 0 Å². The van der Waals surface area contributed by atoms with Crippen LogP contribution in [0.25, 0.3) is 0 Å². The van der Waals surface area contributed by atoms with Gasteiger partial charge in [-0.1, -0.05) is 11.6 Å². The van der Waals surface area contributed by atoms with Crippen molar-refractivity contribution in [2.24, 2.45) is 0 Å². The number of nitrogens with one attached hydrogen (secondary N) is 1. The smallest absolute Gasteiger partial charge is 0.251 e. The fourth-order valence-electron chi connectivity index (χ4n) is 1.46. The maximum Gasteiger partial charge on any atom is 0.251 e. The van der Waals surface area contributed by atoms with Gasteiger partial charge in [-0.25, -0.2) is 4.39 Å². The van der Waals surface area contributed by atoms with Crippen LogP contribution in [0.15, 0.2) is 18.2 Å². The first kappa shape index (κ1) is 15.3. The van der Waals surface area contributed by atoms with Crippen LogP contribution in [0.1, 0.15) is 17.3 Å². The summed E-state index contributed by atoms with van der Waals surface area (Å²) < 4.78 is 13.0. The molecule has 0 aliphatic heterocycles. The number of carbonyl (C=O) groups is 1. The average molecular weight is 292 g/mol. The van der Waals surface area contributed by atoms with Gasteiger partial charge in [0.2, 0.25) is 0 Å². The summed E-state index contributed by atoms with van der Waals surface area (Å²) in [7, 11) is 0. The molecule has 6 heteroatoms. The van der Waals surface area contributed by atoms with Gasteiger partial charge in [0.05, 0.1) is 11.6 Å². The Morgan fingerprint density at radius 3 is 2.78 bits per heavy atom. The molecule has 2 atom stereocenters. The van der Waals surface area contributed by atoms with E-state index in [1.807, 2.05) is 6.26 Å². The second kappa shape index (κ2) is 6.97. The molecule has 2 N–H and O–H groups in total. The molecule has 0 saturated heterocycles. The number of carbonyl (C=O) groups excluding carboxylic acids is 1. The first-order valence-corrected chi connectivity index (χ1v) is 7.05. The van der Waals surface area contributed by atoms with E-state index in [0.717, 1.165) is 6.07 Å². The van der Waals surface area contributed by atoms with E-state index in [0.29, 0.717) is 5.56 Å². The van der Waals surface area contributed by atoms with Gasteiger partial charge >= 0.3 is 0 Å². The number of halogens is 2. The summed E-state index contributed by atoms with van der Waals surface area (Å²) in [5.74, 6) is -0.893. The van der Waals surface area contributed by atoms with Crippen LogP contribution in [-0.2, 0) is 0 Å². The van der Waals surface area contributed by atoms with Crippen LogP contribution >= 0.6 is 23.4 Å². The van der Waals surface area contributed by atoms with Crippen molar-refractivity contribution in [1.29, 1.82) is 0 Å². The van der Waals surface area contributed by atoms with Gasteiger partial charge in [-0.3, -0.25) is 4.79 Å². The molecule has 0 aliphatic carbocycles. The standard InChI is InChI=1S/C12H15ClFNO2S/c1-7(11(6-16)18-2)15-12(17)8-3-4-10(14)9(13)5-8/h3-5,7,11,16H,6H2,1-2H3,(H,15,17). The van der Waals surface area contributed by atoms with Crippen LogP contribution in [0.3, 0.4) is 0 Å². The van der Waals surface area contributed by atoms with E-state index in [9.17, 15) is 9.18 Å². The summed E-state index contributed by atoms with van der Waals surface area (Å²) in [6.07, 6.45) is 1.86. The number of hydrogen-bond donors (Lipinski definition) is 2. The number of aliphatic hydroxyl groups excluding tert-OH is 1. The molecule has 0 aliphatic rings. The summed E-state index contributed by atoms with van der Waals surface area (Å²) in [6.45, 7) is 1.78. The minimum absolute atomic E-state index is 0.0210. The van der Waals surface area contributed by atoms with Crippen LogP contribution in [0.5, 0.6) is 0 Å². The van der Waals surface area contributed by atoms with Crippen LogP contribution in [-0.4, -0.2) is 35.2 Å². The fourth-order valence-corrected chi connectivity index (χ4v) is 2.26. The van der Waals surface area contributed by atoms with Gasteiger partial charge in [0.1, 0.15) is 5.82 Å². The lowest BCUT2D eigenvalue weighted by Gasteiger charge is -2.21. The Balaban J connectivity index is 2.73. The molecule has 1 aromatic carbocycles. The lowest BCUT2D eigenvalue weighted by Crippen LogP contribution is -2.41. The molecular formula is C12H15ClFNO2S. The number of rotatable bonds is 5. The molecule has 100 valence electrons. The lowest BCUT2D eigenvalue weighted by atomic mass is 10.1. The Bertz CT molecular complexity index is 427. The molecule has 3 nitrogen and oxygen atoms in total.